The molecule has 0 saturated carbocycles. The second-order valence-corrected chi connectivity index (χ2v) is 3.94. The number of fused-ring (bicyclic) bond motifs is 2. The number of benzene rings is 2. The molecule has 74 valence electrons. The minimum Gasteiger partial charge on any atom is -0.193 e. The van der Waals surface area contributed by atoms with Crippen molar-refractivity contribution in [3.63, 3.8) is 0 Å². The van der Waals surface area contributed by atoms with Gasteiger partial charge in [-0.05, 0) is 0 Å². The van der Waals surface area contributed by atoms with Crippen molar-refractivity contribution in [2.75, 3.05) is 0 Å². The Hall–Kier alpha value is -1.82. The Morgan fingerprint density at radius 2 is 1.27 bits per heavy atom. The molecule has 0 aromatic heterocycles. The molecular weight excluding hydrogens is 180 g/mol. The highest BCUT2D eigenvalue weighted by molar-refractivity contribution is 5.62. The third kappa shape index (κ3) is 1.22. The summed E-state index contributed by atoms with van der Waals surface area (Å²) in [6.45, 7) is 2.20. The molecule has 2 aromatic carbocycles. The molecule has 1 aliphatic carbocycles. The highest BCUT2D eigenvalue weighted by atomic mass is 14.2. The lowest BCUT2D eigenvalue weighted by Crippen LogP contribution is -2.10. The molecule has 15 heavy (non-hydrogen) atoms. The smallest absolute Gasteiger partial charge is 0.0816 e. The van der Waals surface area contributed by atoms with E-state index in [0.29, 0.717) is 0 Å². The molecule has 0 amide bonds. The molecule has 0 atom stereocenters. The van der Waals surface area contributed by atoms with Crippen LogP contribution < -0.4 is 0 Å². The third-order valence-corrected chi connectivity index (χ3v) is 3.04. The van der Waals surface area contributed by atoms with E-state index in [-0.39, 0.29) is 0 Å². The molecule has 3 rings (SSSR count). The molecule has 0 bridgehead atoms. The fourth-order valence-electron chi connectivity index (χ4n) is 2.24. The predicted octanol–water partition coefficient (Wildman–Crippen LogP) is 3.59. The zero-order valence-electron chi connectivity index (χ0n) is 8.70. The number of rotatable bonds is 0. The largest absolute Gasteiger partial charge is 0.193 e. The molecule has 0 heterocycles. The standard InChI is InChI=1S/C15H12/c1-11-14-8-4-2-6-12(14)10-13-7-3-5-9-15(11)13/h2-10H,1H3/q-2. The van der Waals surface area contributed by atoms with Crippen molar-refractivity contribution < 1.29 is 0 Å². The summed E-state index contributed by atoms with van der Waals surface area (Å²) >= 11 is 0. The van der Waals surface area contributed by atoms with Crippen molar-refractivity contribution in [1.29, 1.82) is 0 Å². The molecule has 0 radical (unpaired) electrons. The van der Waals surface area contributed by atoms with Crippen LogP contribution in [0.3, 0.4) is 0 Å². The molecule has 0 saturated heterocycles. The van der Waals surface area contributed by atoms with Gasteiger partial charge in [0, 0.05) is 0 Å². The lowest BCUT2D eigenvalue weighted by atomic mass is 9.79. The zero-order valence-corrected chi connectivity index (χ0v) is 8.70. The average molecular weight is 192 g/mol. The van der Waals surface area contributed by atoms with Gasteiger partial charge in [0.1, 0.15) is 0 Å². The van der Waals surface area contributed by atoms with Crippen molar-refractivity contribution in [2.45, 2.75) is 6.92 Å². The van der Waals surface area contributed by atoms with Gasteiger partial charge >= 0.3 is 0 Å². The summed E-state index contributed by atoms with van der Waals surface area (Å²) in [6.07, 6.45) is 2.26. The monoisotopic (exact) mass is 192 g/mol. The van der Waals surface area contributed by atoms with E-state index in [9.17, 15) is 0 Å². The Kier molecular flexibility index (Phi) is 1.75. The first-order chi connectivity index (χ1) is 7.36. The highest BCUT2D eigenvalue weighted by Crippen LogP contribution is 2.35. The normalized spacial score (nSPS) is 12.7. The van der Waals surface area contributed by atoms with Crippen LogP contribution in [0.15, 0.2) is 48.5 Å². The summed E-state index contributed by atoms with van der Waals surface area (Å²) in [5.74, 6) is 1.38. The molecule has 0 aliphatic heterocycles. The summed E-state index contributed by atoms with van der Waals surface area (Å²) in [6, 6.07) is 17.1. The molecule has 0 fully saturated rings. The van der Waals surface area contributed by atoms with Gasteiger partial charge in [-0.15, -0.1) is 24.3 Å². The summed E-state index contributed by atoms with van der Waals surface area (Å²) in [5.41, 5.74) is 5.37. The highest BCUT2D eigenvalue weighted by Gasteiger charge is 2.05. The lowest BCUT2D eigenvalue weighted by molar-refractivity contribution is 1.11. The molecule has 0 spiro atoms. The summed E-state index contributed by atoms with van der Waals surface area (Å²) in [5, 5.41) is 0. The van der Waals surface area contributed by atoms with E-state index in [1.54, 1.807) is 0 Å². The maximum atomic E-state index is 2.26. The second kappa shape index (κ2) is 3.09. The lowest BCUT2D eigenvalue weighted by Gasteiger charge is -2.40. The van der Waals surface area contributed by atoms with Crippen LogP contribution in [0.25, 0.3) is 0 Å². The second-order valence-electron chi connectivity index (χ2n) is 3.94. The molecule has 0 heteroatoms. The summed E-state index contributed by atoms with van der Waals surface area (Å²) in [4.78, 5) is 0. The van der Waals surface area contributed by atoms with Crippen LogP contribution in [0.2, 0.25) is 0 Å². The van der Waals surface area contributed by atoms with E-state index in [0.717, 1.165) is 0 Å². The number of hydrogen-bond donors (Lipinski definition) is 0. The van der Waals surface area contributed by atoms with Crippen LogP contribution in [0.5, 0.6) is 0 Å². The van der Waals surface area contributed by atoms with Crippen LogP contribution in [0.4, 0.5) is 0 Å². The minimum atomic E-state index is 1.33. The molecule has 2 aromatic rings. The third-order valence-electron chi connectivity index (χ3n) is 3.04. The topological polar surface area (TPSA) is 0 Å². The fraction of sp³-hybridized carbons (Fsp3) is 0.0667. The first-order valence-electron chi connectivity index (χ1n) is 5.23. The first kappa shape index (κ1) is 8.49. The quantitative estimate of drug-likeness (QED) is 0.559. The van der Waals surface area contributed by atoms with E-state index in [4.69, 9.17) is 0 Å². The zero-order chi connectivity index (χ0) is 10.3. The first-order valence-corrected chi connectivity index (χ1v) is 5.23. The van der Waals surface area contributed by atoms with Gasteiger partial charge in [0.2, 0.25) is 0 Å². The average Bonchev–Trinajstić information content (AvgIpc) is 2.30. The van der Waals surface area contributed by atoms with E-state index in [1.807, 2.05) is 0 Å². The van der Waals surface area contributed by atoms with Crippen LogP contribution in [0.1, 0.15) is 29.2 Å². The van der Waals surface area contributed by atoms with Crippen molar-refractivity contribution in [3.05, 3.63) is 83.1 Å². The van der Waals surface area contributed by atoms with E-state index >= 15 is 0 Å². The van der Waals surface area contributed by atoms with Gasteiger partial charge in [-0.2, -0.15) is 58.9 Å². The maximum Gasteiger partial charge on any atom is -0.0816 e. The van der Waals surface area contributed by atoms with Crippen molar-refractivity contribution in [1.82, 2.24) is 0 Å². The SMILES string of the molecule is C[C-]1c2ccccc2[CH-]c2ccccc21. The van der Waals surface area contributed by atoms with Gasteiger partial charge in [-0.3, -0.25) is 0 Å². The van der Waals surface area contributed by atoms with E-state index in [2.05, 4.69) is 61.9 Å². The Bertz CT molecular complexity index is 451. The van der Waals surface area contributed by atoms with Crippen LogP contribution >= 0.6 is 0 Å². The maximum absolute atomic E-state index is 2.26. The van der Waals surface area contributed by atoms with Crippen LogP contribution in [-0.2, 0) is 0 Å². The molecule has 0 unspecified atom stereocenters. The van der Waals surface area contributed by atoms with Crippen LogP contribution in [0, 0.1) is 12.3 Å². The van der Waals surface area contributed by atoms with Crippen LogP contribution in [-0.4, -0.2) is 0 Å². The Labute approximate surface area is 90.6 Å². The molecule has 0 N–H and O–H groups in total. The van der Waals surface area contributed by atoms with Crippen molar-refractivity contribution >= 4 is 0 Å². The molecule has 0 nitrogen and oxygen atoms in total. The fourth-order valence-corrected chi connectivity index (χ4v) is 2.24. The van der Waals surface area contributed by atoms with E-state index < -0.39 is 0 Å². The Balaban J connectivity index is 2.20. The van der Waals surface area contributed by atoms with Crippen molar-refractivity contribution in [3.8, 4) is 0 Å². The van der Waals surface area contributed by atoms with Gasteiger partial charge in [0.15, 0.2) is 0 Å². The summed E-state index contributed by atoms with van der Waals surface area (Å²) in [7, 11) is 0. The summed E-state index contributed by atoms with van der Waals surface area (Å²) < 4.78 is 0. The van der Waals surface area contributed by atoms with E-state index in [1.165, 1.54) is 28.2 Å². The van der Waals surface area contributed by atoms with Gasteiger partial charge < -0.3 is 0 Å². The van der Waals surface area contributed by atoms with Gasteiger partial charge in [-0.25, -0.2) is 0 Å². The number of hydrogen-bond acceptors (Lipinski definition) is 0. The Morgan fingerprint density at radius 1 is 0.800 bits per heavy atom. The van der Waals surface area contributed by atoms with Gasteiger partial charge in [0.05, 0.1) is 0 Å². The minimum absolute atomic E-state index is 1.33. The molecular formula is C15H12-2. The van der Waals surface area contributed by atoms with Gasteiger partial charge in [0.25, 0.3) is 0 Å². The van der Waals surface area contributed by atoms with Crippen molar-refractivity contribution in [2.24, 2.45) is 0 Å². The molecule has 1 aliphatic rings. The Morgan fingerprint density at radius 3 is 1.80 bits per heavy atom. The van der Waals surface area contributed by atoms with Gasteiger partial charge in [-0.1, -0.05) is 6.92 Å². The predicted molar refractivity (Wildman–Crippen MR) is 62.5 cm³/mol.